The fourth-order valence-electron chi connectivity index (χ4n) is 5.54. The molecular formula is C25H31FN2O4Si. The van der Waals surface area contributed by atoms with Gasteiger partial charge in [0.2, 0.25) is 14.3 Å². The third-order valence-electron chi connectivity index (χ3n) is 6.94. The molecule has 2 amide bonds. The number of nitrogens with zero attached hydrogens (tertiary/aromatic N) is 1. The number of carbonyl (C=O) groups excluding carboxylic acids is 2. The van der Waals surface area contributed by atoms with Gasteiger partial charge in [-0.15, -0.1) is 0 Å². The molecule has 0 aliphatic carbocycles. The first-order valence-corrected chi connectivity index (χ1v) is 14.3. The first kappa shape index (κ1) is 23.6. The van der Waals surface area contributed by atoms with Crippen LogP contribution in [0.15, 0.2) is 54.6 Å². The summed E-state index contributed by atoms with van der Waals surface area (Å²) < 4.78 is 22.1. The molecule has 0 aromatic heterocycles. The summed E-state index contributed by atoms with van der Waals surface area (Å²) in [5, 5.41) is 12.4. The molecule has 176 valence electrons. The minimum absolute atomic E-state index is 0.0423. The molecule has 2 aliphatic rings. The Kier molecular flexibility index (Phi) is 6.44. The van der Waals surface area contributed by atoms with Crippen molar-refractivity contribution in [3.63, 3.8) is 0 Å². The highest BCUT2D eigenvalue weighted by Gasteiger charge is 2.65. The Balaban J connectivity index is 1.63. The SMILES string of the molecule is C[C@@H]1[C@@H]([Si](C)(C)F)[C@H](CC(=O)N(CCO)Cc2ccccc2)O[C@@]12C(=O)Nc1ccccc12. The zero-order chi connectivity index (χ0) is 23.8. The maximum Gasteiger partial charge on any atom is 0.261 e. The lowest BCUT2D eigenvalue weighted by molar-refractivity contribution is -0.148. The molecule has 33 heavy (non-hydrogen) atoms. The molecule has 2 N–H and O–H groups in total. The van der Waals surface area contributed by atoms with Crippen LogP contribution >= 0.6 is 0 Å². The lowest BCUT2D eigenvalue weighted by Crippen LogP contribution is -2.42. The standard InChI is InChI=1S/C25H31FN2O4Si/c1-17-23(33(2,3)26)21(32-25(17)19-11-7-8-12-20(19)27-24(25)31)15-22(30)28(13-14-29)16-18-9-5-4-6-10-18/h4-12,17,21,23,29H,13-16H2,1-3H3,(H,27,31)/t17-,21+,23-,25+/m1/s1. The Hall–Kier alpha value is -2.55. The molecule has 1 fully saturated rings. The zero-order valence-corrected chi connectivity index (χ0v) is 20.3. The number of nitrogens with one attached hydrogen (secondary N) is 1. The van der Waals surface area contributed by atoms with Gasteiger partial charge in [0, 0.05) is 35.8 Å². The molecule has 2 aliphatic heterocycles. The van der Waals surface area contributed by atoms with Crippen LogP contribution in [0.2, 0.25) is 18.6 Å². The van der Waals surface area contributed by atoms with E-state index in [0.29, 0.717) is 17.8 Å². The van der Waals surface area contributed by atoms with Crippen molar-refractivity contribution < 1.29 is 23.5 Å². The van der Waals surface area contributed by atoms with Crippen molar-refractivity contribution in [3.8, 4) is 0 Å². The van der Waals surface area contributed by atoms with Gasteiger partial charge in [-0.25, -0.2) is 0 Å². The van der Waals surface area contributed by atoms with Crippen molar-refractivity contribution in [2.45, 2.75) is 50.2 Å². The van der Waals surface area contributed by atoms with E-state index in [2.05, 4.69) is 5.32 Å². The molecule has 6 nitrogen and oxygen atoms in total. The second-order valence-electron chi connectivity index (χ2n) is 9.50. The molecule has 4 rings (SSSR count). The van der Waals surface area contributed by atoms with Gasteiger partial charge in [0.25, 0.3) is 5.91 Å². The van der Waals surface area contributed by atoms with Gasteiger partial charge in [-0.2, -0.15) is 0 Å². The number of aliphatic hydroxyl groups excluding tert-OH is 1. The zero-order valence-electron chi connectivity index (χ0n) is 19.3. The summed E-state index contributed by atoms with van der Waals surface area (Å²) in [6.45, 7) is 5.43. The highest BCUT2D eigenvalue weighted by atomic mass is 28.4. The third kappa shape index (κ3) is 4.23. The molecule has 4 atom stereocenters. The van der Waals surface area contributed by atoms with Crippen LogP contribution in [0.1, 0.15) is 24.5 Å². The normalized spacial score (nSPS) is 26.3. The highest BCUT2D eigenvalue weighted by Crippen LogP contribution is 2.58. The summed E-state index contributed by atoms with van der Waals surface area (Å²) in [5.41, 5.74) is 0.481. The quantitative estimate of drug-likeness (QED) is 0.476. The predicted octanol–water partition coefficient (Wildman–Crippen LogP) is 3.82. The van der Waals surface area contributed by atoms with Crippen molar-refractivity contribution in [1.82, 2.24) is 4.90 Å². The molecule has 2 heterocycles. The van der Waals surface area contributed by atoms with Gasteiger partial charge < -0.3 is 24.2 Å². The number of aliphatic hydroxyl groups is 1. The second kappa shape index (κ2) is 9.00. The number of amides is 2. The van der Waals surface area contributed by atoms with Gasteiger partial charge in [0.15, 0.2) is 5.60 Å². The summed E-state index contributed by atoms with van der Waals surface area (Å²) in [6, 6.07) is 16.8. The number of hydrogen-bond acceptors (Lipinski definition) is 4. The summed E-state index contributed by atoms with van der Waals surface area (Å²) in [7, 11) is -3.31. The van der Waals surface area contributed by atoms with Crippen LogP contribution in [0.4, 0.5) is 9.80 Å². The van der Waals surface area contributed by atoms with Crippen LogP contribution < -0.4 is 5.32 Å². The molecule has 0 radical (unpaired) electrons. The smallest absolute Gasteiger partial charge is 0.261 e. The van der Waals surface area contributed by atoms with Crippen molar-refractivity contribution in [1.29, 1.82) is 0 Å². The minimum atomic E-state index is -3.31. The number of benzene rings is 2. The Bertz CT molecular complexity index is 1030. The van der Waals surface area contributed by atoms with Gasteiger partial charge in [-0.3, -0.25) is 9.59 Å². The molecule has 8 heteroatoms. The molecular weight excluding hydrogens is 439 g/mol. The number of hydrogen-bond donors (Lipinski definition) is 2. The average molecular weight is 471 g/mol. The van der Waals surface area contributed by atoms with Crippen molar-refractivity contribution in [2.24, 2.45) is 5.92 Å². The van der Waals surface area contributed by atoms with Crippen LogP contribution in [0.3, 0.4) is 0 Å². The van der Waals surface area contributed by atoms with Crippen molar-refractivity contribution >= 4 is 25.9 Å². The Morgan fingerprint density at radius 3 is 2.52 bits per heavy atom. The van der Waals surface area contributed by atoms with E-state index in [9.17, 15) is 14.7 Å². The lowest BCUT2D eigenvalue weighted by atomic mass is 9.82. The molecule has 0 saturated carbocycles. The Morgan fingerprint density at radius 2 is 1.85 bits per heavy atom. The number of rotatable bonds is 7. The summed E-state index contributed by atoms with van der Waals surface area (Å²) in [4.78, 5) is 28.1. The summed E-state index contributed by atoms with van der Waals surface area (Å²) in [6.07, 6.45) is -0.771. The van der Waals surface area contributed by atoms with Gasteiger partial charge in [-0.1, -0.05) is 55.5 Å². The second-order valence-corrected chi connectivity index (χ2v) is 13.3. The topological polar surface area (TPSA) is 78.9 Å². The molecule has 1 spiro atoms. The van der Waals surface area contributed by atoms with E-state index in [0.717, 1.165) is 5.56 Å². The van der Waals surface area contributed by atoms with E-state index in [1.54, 1.807) is 18.0 Å². The largest absolute Gasteiger partial charge is 0.395 e. The van der Waals surface area contributed by atoms with Gasteiger partial charge in [0.1, 0.15) is 0 Å². The molecule has 0 bridgehead atoms. The fourth-order valence-corrected chi connectivity index (χ4v) is 8.03. The number of fused-ring (bicyclic) bond motifs is 2. The average Bonchev–Trinajstić information content (AvgIpc) is 3.22. The number of carbonyl (C=O) groups is 2. The number of anilines is 1. The van der Waals surface area contributed by atoms with Crippen LogP contribution in [0.25, 0.3) is 0 Å². The van der Waals surface area contributed by atoms with Gasteiger partial charge in [0.05, 0.1) is 19.1 Å². The van der Waals surface area contributed by atoms with E-state index < -0.39 is 31.6 Å². The van der Waals surface area contributed by atoms with Crippen LogP contribution in [0, 0.1) is 5.92 Å². The van der Waals surface area contributed by atoms with Crippen molar-refractivity contribution in [2.75, 3.05) is 18.5 Å². The Labute approximate surface area is 194 Å². The molecule has 0 unspecified atom stereocenters. The minimum Gasteiger partial charge on any atom is -0.395 e. The Morgan fingerprint density at radius 1 is 1.18 bits per heavy atom. The lowest BCUT2D eigenvalue weighted by Gasteiger charge is -2.30. The maximum absolute atomic E-state index is 15.6. The molecule has 1 saturated heterocycles. The van der Waals surface area contributed by atoms with Gasteiger partial charge in [-0.05, 0) is 24.7 Å². The molecule has 2 aromatic carbocycles. The highest BCUT2D eigenvalue weighted by molar-refractivity contribution is 6.72. The van der Waals surface area contributed by atoms with Crippen LogP contribution in [0.5, 0.6) is 0 Å². The number of para-hydroxylation sites is 1. The van der Waals surface area contributed by atoms with Crippen molar-refractivity contribution in [3.05, 3.63) is 65.7 Å². The van der Waals surface area contributed by atoms with E-state index in [1.165, 1.54) is 0 Å². The first-order chi connectivity index (χ1) is 15.7. The number of halogens is 1. The van der Waals surface area contributed by atoms with E-state index in [4.69, 9.17) is 4.74 Å². The van der Waals surface area contributed by atoms with E-state index in [-0.39, 0.29) is 31.4 Å². The number of ether oxygens (including phenoxy) is 1. The monoisotopic (exact) mass is 470 g/mol. The van der Waals surface area contributed by atoms with E-state index in [1.807, 2.05) is 61.5 Å². The van der Waals surface area contributed by atoms with E-state index >= 15 is 4.11 Å². The van der Waals surface area contributed by atoms with Gasteiger partial charge >= 0.3 is 0 Å². The predicted molar refractivity (Wildman–Crippen MR) is 127 cm³/mol. The molecule has 2 aromatic rings. The fraction of sp³-hybridized carbons (Fsp3) is 0.440. The maximum atomic E-state index is 15.6. The summed E-state index contributed by atoms with van der Waals surface area (Å²) >= 11 is 0. The van der Waals surface area contributed by atoms with Crippen LogP contribution in [-0.2, 0) is 26.5 Å². The van der Waals surface area contributed by atoms with Crippen LogP contribution in [-0.4, -0.2) is 49.5 Å². The summed E-state index contributed by atoms with van der Waals surface area (Å²) in [5.74, 6) is -0.950. The third-order valence-corrected chi connectivity index (χ3v) is 9.39. The first-order valence-electron chi connectivity index (χ1n) is 11.4.